The van der Waals surface area contributed by atoms with Gasteiger partial charge >= 0.3 is 0 Å². The van der Waals surface area contributed by atoms with Crippen LogP contribution >= 0.6 is 0 Å². The molecule has 0 unspecified atom stereocenters. The average molecular weight is 397 g/mol. The zero-order chi connectivity index (χ0) is 21.6. The molecule has 0 saturated carbocycles. The van der Waals surface area contributed by atoms with Crippen LogP contribution in [0.3, 0.4) is 0 Å². The first-order chi connectivity index (χ1) is 13.6. The third-order valence-corrected chi connectivity index (χ3v) is 3.21. The molecule has 0 bridgehead atoms. The second-order valence-electron chi connectivity index (χ2n) is 5.61. The van der Waals surface area contributed by atoms with Gasteiger partial charge in [0, 0.05) is 39.6 Å². The third-order valence-electron chi connectivity index (χ3n) is 3.21. The molecule has 0 aliphatic heterocycles. The molecule has 3 rings (SSSR count). The number of rotatable bonds is 2. The molecule has 0 heterocycles. The van der Waals surface area contributed by atoms with Gasteiger partial charge in [0.1, 0.15) is 0 Å². The van der Waals surface area contributed by atoms with Gasteiger partial charge in [-0.05, 0) is 24.3 Å². The number of hydrogen-bond acceptors (Lipinski definition) is 2. The van der Waals surface area contributed by atoms with Gasteiger partial charge in [-0.2, -0.15) is 0 Å². The summed E-state index contributed by atoms with van der Waals surface area (Å²) in [4.78, 5) is 4.17. The van der Waals surface area contributed by atoms with Crippen LogP contribution in [0.1, 0.15) is 35.1 Å². The molecule has 2 nitrogen and oxygen atoms in total. The van der Waals surface area contributed by atoms with Gasteiger partial charge in [0.2, 0.25) is 0 Å². The van der Waals surface area contributed by atoms with Crippen molar-refractivity contribution in [1.29, 1.82) is 0 Å². The lowest BCUT2D eigenvalue weighted by atomic mass is 10.3. The number of anilines is 2. The summed E-state index contributed by atoms with van der Waals surface area (Å²) >= 11 is 0. The normalized spacial score (nSPS) is 7.72. The molecule has 3 aromatic rings. The minimum Gasteiger partial charge on any atom is -0.378 e. The predicted molar refractivity (Wildman–Crippen MR) is 137 cm³/mol. The predicted octanol–water partition coefficient (Wildman–Crippen LogP) is 7.88. The number of nitrogens with zero attached hydrogens (tertiary/aromatic N) is 2. The van der Waals surface area contributed by atoms with E-state index in [9.17, 15) is 0 Å². The Labute approximate surface area is 181 Å². The van der Waals surface area contributed by atoms with Crippen LogP contribution in [0.4, 0.5) is 11.4 Å². The Bertz CT molecular complexity index is 550. The van der Waals surface area contributed by atoms with Crippen molar-refractivity contribution in [2.45, 2.75) is 35.1 Å². The average Bonchev–Trinajstić information content (AvgIpc) is 2.80. The molecule has 0 aliphatic rings. The molecule has 0 saturated heterocycles. The van der Waals surface area contributed by atoms with Gasteiger partial charge < -0.3 is 9.80 Å². The lowest BCUT2D eigenvalue weighted by molar-refractivity contribution is 1.13. The molecule has 0 atom stereocenters. The standard InChI is InChI=1S/2C8H11N.C6H6.2C2H6.CH4/c2*1-9(2)8-6-4-3-5-7-8;1-2-4-6-5-3-1;2*1-2;/h2*3-7H,1-2H3;1-6H;2*1-2H3;1H4. The van der Waals surface area contributed by atoms with E-state index in [0.29, 0.717) is 0 Å². The van der Waals surface area contributed by atoms with Gasteiger partial charge in [-0.3, -0.25) is 0 Å². The summed E-state index contributed by atoms with van der Waals surface area (Å²) in [6.07, 6.45) is 0. The van der Waals surface area contributed by atoms with Crippen LogP contribution in [-0.4, -0.2) is 28.2 Å². The van der Waals surface area contributed by atoms with Crippen molar-refractivity contribution in [2.24, 2.45) is 0 Å². The second-order valence-corrected chi connectivity index (χ2v) is 5.61. The van der Waals surface area contributed by atoms with E-state index in [1.807, 2.05) is 129 Å². The Morgan fingerprint density at radius 2 is 0.552 bits per heavy atom. The summed E-state index contributed by atoms with van der Waals surface area (Å²) in [5.41, 5.74) is 2.50. The molecule has 0 spiro atoms. The molecule has 0 amide bonds. The smallest absolute Gasteiger partial charge is 0.0360 e. The van der Waals surface area contributed by atoms with E-state index >= 15 is 0 Å². The quantitative estimate of drug-likeness (QED) is 0.434. The van der Waals surface area contributed by atoms with Crippen LogP contribution in [-0.2, 0) is 0 Å². The van der Waals surface area contributed by atoms with E-state index in [1.165, 1.54) is 11.4 Å². The monoisotopic (exact) mass is 396 g/mol. The van der Waals surface area contributed by atoms with Crippen LogP contribution < -0.4 is 9.80 Å². The largest absolute Gasteiger partial charge is 0.378 e. The van der Waals surface area contributed by atoms with Crippen LogP contribution in [0.15, 0.2) is 97.1 Å². The van der Waals surface area contributed by atoms with Crippen LogP contribution in [0.2, 0.25) is 0 Å². The molecular formula is C27H44N2. The Morgan fingerprint density at radius 3 is 0.690 bits per heavy atom. The van der Waals surface area contributed by atoms with Gasteiger partial charge in [-0.1, -0.05) is 108 Å². The van der Waals surface area contributed by atoms with Crippen molar-refractivity contribution >= 4 is 11.4 Å². The maximum Gasteiger partial charge on any atom is 0.0360 e. The summed E-state index contributed by atoms with van der Waals surface area (Å²) in [7, 11) is 8.15. The highest BCUT2D eigenvalue weighted by atomic mass is 15.1. The van der Waals surface area contributed by atoms with E-state index in [1.54, 1.807) is 0 Å². The van der Waals surface area contributed by atoms with Gasteiger partial charge in [0.15, 0.2) is 0 Å². The molecular weight excluding hydrogens is 352 g/mol. The molecule has 0 fully saturated rings. The van der Waals surface area contributed by atoms with Crippen molar-refractivity contribution in [3.63, 3.8) is 0 Å². The highest BCUT2D eigenvalue weighted by molar-refractivity contribution is 5.44. The molecule has 0 radical (unpaired) electrons. The maximum absolute atomic E-state index is 2.08. The van der Waals surface area contributed by atoms with Crippen molar-refractivity contribution in [3.8, 4) is 0 Å². The minimum absolute atomic E-state index is 0. The SMILES string of the molecule is C.CC.CC.CN(C)c1ccccc1.CN(C)c1ccccc1.c1ccccc1. The zero-order valence-corrected chi connectivity index (χ0v) is 19.1. The van der Waals surface area contributed by atoms with Crippen LogP contribution in [0, 0.1) is 0 Å². The first-order valence-corrected chi connectivity index (χ1v) is 10.1. The lowest BCUT2D eigenvalue weighted by Crippen LogP contribution is -2.07. The first kappa shape index (κ1) is 31.0. The zero-order valence-electron chi connectivity index (χ0n) is 19.1. The molecule has 29 heavy (non-hydrogen) atoms. The molecule has 162 valence electrons. The van der Waals surface area contributed by atoms with Crippen molar-refractivity contribution in [1.82, 2.24) is 0 Å². The molecule has 0 aliphatic carbocycles. The Hall–Kier alpha value is -2.74. The highest BCUT2D eigenvalue weighted by Gasteiger charge is 1.88. The summed E-state index contributed by atoms with van der Waals surface area (Å²) in [5, 5.41) is 0. The maximum atomic E-state index is 2.08. The summed E-state index contributed by atoms with van der Waals surface area (Å²) in [6, 6.07) is 32.5. The number of para-hydroxylation sites is 2. The van der Waals surface area contributed by atoms with Crippen molar-refractivity contribution in [3.05, 3.63) is 97.1 Å². The Kier molecular flexibility index (Phi) is 24.9. The van der Waals surface area contributed by atoms with E-state index < -0.39 is 0 Å². The molecule has 3 aromatic carbocycles. The van der Waals surface area contributed by atoms with Gasteiger partial charge in [-0.15, -0.1) is 0 Å². The summed E-state index contributed by atoms with van der Waals surface area (Å²) in [6.45, 7) is 8.00. The fourth-order valence-corrected chi connectivity index (χ4v) is 1.84. The molecule has 0 N–H and O–H groups in total. The third kappa shape index (κ3) is 18.4. The van der Waals surface area contributed by atoms with E-state index in [2.05, 4.69) is 34.1 Å². The van der Waals surface area contributed by atoms with Gasteiger partial charge in [0.25, 0.3) is 0 Å². The van der Waals surface area contributed by atoms with E-state index in [0.717, 1.165) is 0 Å². The lowest BCUT2D eigenvalue weighted by Gasteiger charge is -2.10. The first-order valence-electron chi connectivity index (χ1n) is 10.1. The van der Waals surface area contributed by atoms with Crippen molar-refractivity contribution < 1.29 is 0 Å². The molecule has 2 heteroatoms. The van der Waals surface area contributed by atoms with E-state index in [4.69, 9.17) is 0 Å². The summed E-state index contributed by atoms with van der Waals surface area (Å²) < 4.78 is 0. The number of benzene rings is 3. The fraction of sp³-hybridized carbons (Fsp3) is 0.333. The molecule has 0 aromatic heterocycles. The van der Waals surface area contributed by atoms with Crippen LogP contribution in [0.5, 0.6) is 0 Å². The second kappa shape index (κ2) is 23.3. The number of hydrogen-bond donors (Lipinski definition) is 0. The Balaban J connectivity index is -0.000000321. The topological polar surface area (TPSA) is 6.48 Å². The van der Waals surface area contributed by atoms with Crippen molar-refractivity contribution in [2.75, 3.05) is 38.0 Å². The Morgan fingerprint density at radius 1 is 0.379 bits per heavy atom. The van der Waals surface area contributed by atoms with Gasteiger partial charge in [-0.25, -0.2) is 0 Å². The van der Waals surface area contributed by atoms with Crippen LogP contribution in [0.25, 0.3) is 0 Å². The summed E-state index contributed by atoms with van der Waals surface area (Å²) in [5.74, 6) is 0. The van der Waals surface area contributed by atoms with E-state index in [-0.39, 0.29) is 7.43 Å². The fourth-order valence-electron chi connectivity index (χ4n) is 1.84. The van der Waals surface area contributed by atoms with Gasteiger partial charge in [0.05, 0.1) is 0 Å². The highest BCUT2D eigenvalue weighted by Crippen LogP contribution is 2.08. The minimum atomic E-state index is 0.